The van der Waals surface area contributed by atoms with Crippen LogP contribution in [0.1, 0.15) is 43.8 Å². The van der Waals surface area contributed by atoms with Gasteiger partial charge in [-0.1, -0.05) is 5.16 Å². The van der Waals surface area contributed by atoms with Crippen molar-refractivity contribution in [1.82, 2.24) is 15.0 Å². The molecule has 5 nitrogen and oxygen atoms in total. The molecular formula is C11H17N3O2. The Morgan fingerprint density at radius 2 is 2.38 bits per heavy atom. The summed E-state index contributed by atoms with van der Waals surface area (Å²) in [5.41, 5.74) is -0.556. The molecule has 16 heavy (non-hydrogen) atoms. The number of aromatic nitrogens is 2. The maximum absolute atomic E-state index is 9.84. The van der Waals surface area contributed by atoms with Crippen LogP contribution in [0.15, 0.2) is 4.52 Å². The Hall–Kier alpha value is -0.940. The Kier molecular flexibility index (Phi) is 2.26. The fourth-order valence-corrected chi connectivity index (χ4v) is 2.20. The van der Waals surface area contributed by atoms with E-state index in [4.69, 9.17) is 4.52 Å². The minimum absolute atomic E-state index is 0.541. The van der Waals surface area contributed by atoms with Crippen molar-refractivity contribution in [3.05, 3.63) is 11.7 Å². The van der Waals surface area contributed by atoms with Crippen molar-refractivity contribution >= 4 is 0 Å². The van der Waals surface area contributed by atoms with E-state index in [0.29, 0.717) is 24.9 Å². The van der Waals surface area contributed by atoms with Gasteiger partial charge in [-0.05, 0) is 26.2 Å². The second-order valence-corrected chi connectivity index (χ2v) is 5.28. The number of nitrogens with zero attached hydrogens (tertiary/aromatic N) is 3. The number of likely N-dealkylation sites (tertiary alicyclic amines) is 1. The molecule has 1 aromatic rings. The zero-order valence-corrected chi connectivity index (χ0v) is 9.52. The van der Waals surface area contributed by atoms with Crippen LogP contribution in [-0.4, -0.2) is 38.8 Å². The van der Waals surface area contributed by atoms with E-state index in [1.807, 2.05) is 6.92 Å². The molecule has 88 valence electrons. The van der Waals surface area contributed by atoms with Gasteiger partial charge in [0.2, 0.25) is 5.89 Å². The van der Waals surface area contributed by atoms with Crippen molar-refractivity contribution in [3.8, 4) is 0 Å². The molecule has 3 rings (SSSR count). The van der Waals surface area contributed by atoms with Crippen molar-refractivity contribution in [2.45, 2.75) is 44.2 Å². The van der Waals surface area contributed by atoms with E-state index >= 15 is 0 Å². The minimum Gasteiger partial charge on any atom is -0.389 e. The van der Waals surface area contributed by atoms with E-state index in [9.17, 15) is 5.11 Å². The van der Waals surface area contributed by atoms with Gasteiger partial charge in [-0.2, -0.15) is 4.98 Å². The predicted octanol–water partition coefficient (Wildman–Crippen LogP) is 0.904. The molecule has 1 saturated carbocycles. The fraction of sp³-hybridized carbons (Fsp3) is 0.818. The van der Waals surface area contributed by atoms with Gasteiger partial charge in [-0.15, -0.1) is 0 Å². The second kappa shape index (κ2) is 3.53. The van der Waals surface area contributed by atoms with Crippen molar-refractivity contribution in [2.75, 3.05) is 13.1 Å². The molecule has 1 unspecified atom stereocenters. The average molecular weight is 223 g/mol. The van der Waals surface area contributed by atoms with E-state index < -0.39 is 5.60 Å². The molecule has 2 heterocycles. The van der Waals surface area contributed by atoms with Crippen molar-refractivity contribution in [1.29, 1.82) is 0 Å². The molecule has 5 heteroatoms. The van der Waals surface area contributed by atoms with Gasteiger partial charge < -0.3 is 9.63 Å². The molecule has 1 saturated heterocycles. The summed E-state index contributed by atoms with van der Waals surface area (Å²) in [6.07, 6.45) is 3.20. The van der Waals surface area contributed by atoms with Crippen LogP contribution >= 0.6 is 0 Å². The first-order valence-corrected chi connectivity index (χ1v) is 5.90. The first kappa shape index (κ1) is 10.2. The number of rotatable bonds is 3. The normalized spacial score (nSPS) is 31.1. The van der Waals surface area contributed by atoms with Gasteiger partial charge in [0.1, 0.15) is 0 Å². The van der Waals surface area contributed by atoms with Crippen LogP contribution < -0.4 is 0 Å². The molecular weight excluding hydrogens is 206 g/mol. The summed E-state index contributed by atoms with van der Waals surface area (Å²) in [7, 11) is 0. The van der Waals surface area contributed by atoms with E-state index in [-0.39, 0.29) is 0 Å². The molecule has 0 radical (unpaired) electrons. The van der Waals surface area contributed by atoms with E-state index in [1.54, 1.807) is 0 Å². The Bertz CT molecular complexity index is 384. The maximum Gasteiger partial charge on any atom is 0.240 e. The summed E-state index contributed by atoms with van der Waals surface area (Å²) in [6, 6.07) is 0. The van der Waals surface area contributed by atoms with Crippen molar-refractivity contribution < 1.29 is 9.63 Å². The summed E-state index contributed by atoms with van der Waals surface area (Å²) in [6.45, 7) is 4.12. The lowest BCUT2D eigenvalue weighted by atomic mass is 10.1. The summed E-state index contributed by atoms with van der Waals surface area (Å²) in [5.74, 6) is 2.08. The van der Waals surface area contributed by atoms with Gasteiger partial charge in [-0.3, -0.25) is 4.90 Å². The monoisotopic (exact) mass is 223 g/mol. The average Bonchev–Trinajstić information content (AvgIpc) is 2.88. The van der Waals surface area contributed by atoms with Crippen LogP contribution in [0.25, 0.3) is 0 Å². The van der Waals surface area contributed by atoms with Crippen molar-refractivity contribution in [2.24, 2.45) is 0 Å². The van der Waals surface area contributed by atoms with Crippen LogP contribution in [0.3, 0.4) is 0 Å². The quantitative estimate of drug-likeness (QED) is 0.825. The maximum atomic E-state index is 9.84. The molecule has 0 amide bonds. The zero-order chi connectivity index (χ0) is 11.2. The molecule has 1 N–H and O–H groups in total. The van der Waals surface area contributed by atoms with Gasteiger partial charge in [0.25, 0.3) is 0 Å². The lowest BCUT2D eigenvalue weighted by Gasteiger charge is -2.16. The molecule has 2 fully saturated rings. The first-order valence-electron chi connectivity index (χ1n) is 5.90. The number of hydrogen-bond acceptors (Lipinski definition) is 5. The summed E-state index contributed by atoms with van der Waals surface area (Å²) < 4.78 is 5.21. The van der Waals surface area contributed by atoms with Crippen LogP contribution in [0.2, 0.25) is 0 Å². The Morgan fingerprint density at radius 1 is 1.56 bits per heavy atom. The third-order valence-corrected chi connectivity index (χ3v) is 3.32. The SMILES string of the molecule is CC1(O)CCN(Cc2nc(C3CC3)no2)C1. The summed E-state index contributed by atoms with van der Waals surface area (Å²) in [4.78, 5) is 6.54. The van der Waals surface area contributed by atoms with Crippen LogP contribution in [0.5, 0.6) is 0 Å². The molecule has 1 aliphatic heterocycles. The smallest absolute Gasteiger partial charge is 0.240 e. The number of β-amino-alcohol motifs (C(OH)–C–C–N with tert-alkyl or cyclic N) is 1. The van der Waals surface area contributed by atoms with Crippen LogP contribution in [0.4, 0.5) is 0 Å². The van der Waals surface area contributed by atoms with Gasteiger partial charge in [0.05, 0.1) is 12.1 Å². The fourth-order valence-electron chi connectivity index (χ4n) is 2.20. The highest BCUT2D eigenvalue weighted by Gasteiger charge is 2.33. The Balaban J connectivity index is 1.61. The molecule has 0 spiro atoms. The highest BCUT2D eigenvalue weighted by molar-refractivity contribution is 5.03. The lowest BCUT2D eigenvalue weighted by molar-refractivity contribution is 0.0665. The van der Waals surface area contributed by atoms with Gasteiger partial charge >= 0.3 is 0 Å². The number of aliphatic hydroxyl groups is 1. The minimum atomic E-state index is -0.556. The van der Waals surface area contributed by atoms with Gasteiger partial charge in [0, 0.05) is 19.0 Å². The largest absolute Gasteiger partial charge is 0.389 e. The van der Waals surface area contributed by atoms with Gasteiger partial charge in [0.15, 0.2) is 5.82 Å². The Morgan fingerprint density at radius 3 is 3.00 bits per heavy atom. The molecule has 1 aliphatic carbocycles. The molecule has 0 bridgehead atoms. The second-order valence-electron chi connectivity index (χ2n) is 5.28. The Labute approximate surface area is 94.4 Å². The standard InChI is InChI=1S/C11H17N3O2/c1-11(15)4-5-14(7-11)6-9-12-10(13-16-9)8-2-3-8/h8,15H,2-7H2,1H3. The topological polar surface area (TPSA) is 62.4 Å². The summed E-state index contributed by atoms with van der Waals surface area (Å²) >= 11 is 0. The van der Waals surface area contributed by atoms with Gasteiger partial charge in [-0.25, -0.2) is 0 Å². The molecule has 2 aliphatic rings. The highest BCUT2D eigenvalue weighted by atomic mass is 16.5. The summed E-state index contributed by atoms with van der Waals surface area (Å²) in [5, 5.41) is 13.8. The number of hydrogen-bond donors (Lipinski definition) is 1. The molecule has 1 atom stereocenters. The van der Waals surface area contributed by atoms with Crippen molar-refractivity contribution in [3.63, 3.8) is 0 Å². The van der Waals surface area contributed by atoms with E-state index in [0.717, 1.165) is 18.8 Å². The van der Waals surface area contributed by atoms with E-state index in [1.165, 1.54) is 12.8 Å². The first-order chi connectivity index (χ1) is 7.62. The predicted molar refractivity (Wildman–Crippen MR) is 56.8 cm³/mol. The van der Waals surface area contributed by atoms with E-state index in [2.05, 4.69) is 15.0 Å². The molecule has 0 aromatic carbocycles. The van der Waals surface area contributed by atoms with Crippen LogP contribution in [0, 0.1) is 0 Å². The molecule has 1 aromatic heterocycles. The zero-order valence-electron chi connectivity index (χ0n) is 9.52. The van der Waals surface area contributed by atoms with Crippen LogP contribution in [-0.2, 0) is 6.54 Å². The lowest BCUT2D eigenvalue weighted by Crippen LogP contribution is -2.29. The third-order valence-electron chi connectivity index (χ3n) is 3.32. The highest BCUT2D eigenvalue weighted by Crippen LogP contribution is 2.38. The third kappa shape index (κ3) is 2.10.